The van der Waals surface area contributed by atoms with E-state index >= 15 is 0 Å². The van der Waals surface area contributed by atoms with Gasteiger partial charge in [0, 0.05) is 23.7 Å². The van der Waals surface area contributed by atoms with Crippen LogP contribution in [0.25, 0.3) is 0 Å². The third kappa shape index (κ3) is 5.10. The number of hydrogen-bond acceptors (Lipinski definition) is 7. The molecule has 3 rings (SSSR count). The molecule has 11 heteroatoms. The van der Waals surface area contributed by atoms with Gasteiger partial charge in [0.2, 0.25) is 20.0 Å². The summed E-state index contributed by atoms with van der Waals surface area (Å²) >= 11 is 0. The van der Waals surface area contributed by atoms with Crippen LogP contribution in [0.4, 0.5) is 5.69 Å². The van der Waals surface area contributed by atoms with E-state index in [0.717, 1.165) is 10.7 Å². The molecule has 31 heavy (non-hydrogen) atoms. The monoisotopic (exact) mass is 467 g/mol. The summed E-state index contributed by atoms with van der Waals surface area (Å²) in [5.41, 5.74) is 2.36. The third-order valence-electron chi connectivity index (χ3n) is 4.84. The molecule has 0 saturated carbocycles. The Morgan fingerprint density at radius 2 is 1.74 bits per heavy atom. The Morgan fingerprint density at radius 1 is 1.06 bits per heavy atom. The van der Waals surface area contributed by atoms with E-state index < -0.39 is 26.1 Å². The van der Waals surface area contributed by atoms with Gasteiger partial charge in [-0.25, -0.2) is 16.8 Å². The van der Waals surface area contributed by atoms with Crippen molar-refractivity contribution in [2.24, 2.45) is 5.10 Å². The van der Waals surface area contributed by atoms with Gasteiger partial charge >= 0.3 is 0 Å². The maximum absolute atomic E-state index is 12.8. The second-order valence-electron chi connectivity index (χ2n) is 7.00. The number of ether oxygens (including phenoxy) is 2. The summed E-state index contributed by atoms with van der Waals surface area (Å²) in [6, 6.07) is 11.3. The zero-order valence-corrected chi connectivity index (χ0v) is 19.3. The van der Waals surface area contributed by atoms with Crippen molar-refractivity contribution < 1.29 is 26.3 Å². The van der Waals surface area contributed by atoms with E-state index in [1.54, 1.807) is 56.5 Å². The number of rotatable bonds is 8. The van der Waals surface area contributed by atoms with Gasteiger partial charge in [0.05, 0.1) is 38.0 Å². The Morgan fingerprint density at radius 3 is 2.29 bits per heavy atom. The van der Waals surface area contributed by atoms with E-state index in [9.17, 15) is 16.8 Å². The van der Waals surface area contributed by atoms with Crippen LogP contribution in [0.1, 0.15) is 30.5 Å². The molecule has 0 unspecified atom stereocenters. The molecule has 1 aliphatic heterocycles. The van der Waals surface area contributed by atoms with Crippen molar-refractivity contribution in [1.29, 1.82) is 0 Å². The van der Waals surface area contributed by atoms with Crippen molar-refractivity contribution in [3.63, 3.8) is 0 Å². The molecule has 1 N–H and O–H groups in total. The maximum Gasteiger partial charge on any atom is 0.250 e. The molecule has 0 aromatic heterocycles. The standard InChI is InChI=1S/C20H25N3O6S2/c1-5-31(26,27)23-19(17-11-10-16(28-2)12-20(17)29-3)13-18(21-23)14-6-8-15(9-7-14)22-30(4,24)25/h6-12,19,22H,5,13H2,1-4H3/t19-/m1/s1. The molecule has 168 valence electrons. The van der Waals surface area contributed by atoms with Crippen LogP contribution in [0.15, 0.2) is 47.6 Å². The fourth-order valence-corrected chi connectivity index (χ4v) is 4.95. The highest BCUT2D eigenvalue weighted by Gasteiger charge is 2.37. The SMILES string of the molecule is CCS(=O)(=O)N1N=C(c2ccc(NS(C)(=O)=O)cc2)C[C@@H]1c1ccc(OC)cc1OC. The smallest absolute Gasteiger partial charge is 0.250 e. The third-order valence-corrected chi connectivity index (χ3v) is 7.09. The Balaban J connectivity index is 1.99. The first kappa shape index (κ1) is 22.9. The highest BCUT2D eigenvalue weighted by atomic mass is 32.2. The molecule has 2 aromatic carbocycles. The second-order valence-corrected chi connectivity index (χ2v) is 10.9. The molecule has 0 saturated heterocycles. The van der Waals surface area contributed by atoms with E-state index in [-0.39, 0.29) is 5.75 Å². The maximum atomic E-state index is 12.8. The molecule has 9 nitrogen and oxygen atoms in total. The van der Waals surface area contributed by atoms with E-state index in [1.807, 2.05) is 0 Å². The fraction of sp³-hybridized carbons (Fsp3) is 0.350. The lowest BCUT2D eigenvalue weighted by atomic mass is 9.98. The van der Waals surface area contributed by atoms with Crippen molar-refractivity contribution >= 4 is 31.4 Å². The van der Waals surface area contributed by atoms with Gasteiger partial charge in [0.1, 0.15) is 11.5 Å². The quantitative estimate of drug-likeness (QED) is 0.638. The van der Waals surface area contributed by atoms with Gasteiger partial charge in [0.25, 0.3) is 0 Å². The molecule has 2 aromatic rings. The van der Waals surface area contributed by atoms with Crippen molar-refractivity contribution in [2.45, 2.75) is 19.4 Å². The summed E-state index contributed by atoms with van der Waals surface area (Å²) in [5.74, 6) is 0.999. The van der Waals surface area contributed by atoms with E-state index in [0.29, 0.717) is 40.4 Å². The lowest BCUT2D eigenvalue weighted by molar-refractivity contribution is 0.347. The van der Waals surface area contributed by atoms with Crippen molar-refractivity contribution in [2.75, 3.05) is 31.0 Å². The van der Waals surface area contributed by atoms with Gasteiger partial charge in [-0.05, 0) is 36.8 Å². The average molecular weight is 468 g/mol. The van der Waals surface area contributed by atoms with E-state index in [4.69, 9.17) is 9.47 Å². The summed E-state index contributed by atoms with van der Waals surface area (Å²) < 4.78 is 62.6. The topological polar surface area (TPSA) is 114 Å². The number of hydrogen-bond donors (Lipinski definition) is 1. The average Bonchev–Trinajstić information content (AvgIpc) is 3.18. The van der Waals surface area contributed by atoms with Gasteiger partial charge in [-0.15, -0.1) is 0 Å². The van der Waals surface area contributed by atoms with Gasteiger partial charge in [-0.1, -0.05) is 12.1 Å². The molecule has 0 aliphatic carbocycles. The normalized spacial score (nSPS) is 16.7. The molecular weight excluding hydrogens is 442 g/mol. The largest absolute Gasteiger partial charge is 0.497 e. The molecule has 1 heterocycles. The molecule has 0 radical (unpaired) electrons. The lowest BCUT2D eigenvalue weighted by Gasteiger charge is -2.24. The highest BCUT2D eigenvalue weighted by molar-refractivity contribution is 7.92. The zero-order valence-electron chi connectivity index (χ0n) is 17.7. The van der Waals surface area contributed by atoms with Crippen LogP contribution in [0.2, 0.25) is 0 Å². The van der Waals surface area contributed by atoms with Crippen LogP contribution >= 0.6 is 0 Å². The molecule has 0 fully saturated rings. The first-order valence-corrected chi connectivity index (χ1v) is 13.0. The predicted molar refractivity (Wildman–Crippen MR) is 120 cm³/mol. The Kier molecular flexibility index (Phi) is 6.46. The lowest BCUT2D eigenvalue weighted by Crippen LogP contribution is -2.28. The molecule has 0 bridgehead atoms. The molecule has 0 spiro atoms. The number of anilines is 1. The van der Waals surface area contributed by atoms with Gasteiger partial charge in [-0.3, -0.25) is 4.72 Å². The Bertz CT molecular complexity index is 1190. The van der Waals surface area contributed by atoms with Crippen LogP contribution in [0.5, 0.6) is 11.5 Å². The minimum absolute atomic E-state index is 0.101. The fourth-order valence-electron chi connectivity index (χ4n) is 3.32. The number of methoxy groups -OCH3 is 2. The summed E-state index contributed by atoms with van der Waals surface area (Å²) in [4.78, 5) is 0. The highest BCUT2D eigenvalue weighted by Crippen LogP contribution is 2.40. The summed E-state index contributed by atoms with van der Waals surface area (Å²) in [5, 5.41) is 4.42. The number of nitrogens with zero attached hydrogens (tertiary/aromatic N) is 2. The van der Waals surface area contributed by atoms with Gasteiger partial charge in [-0.2, -0.15) is 9.52 Å². The number of hydrazone groups is 1. The molecule has 0 amide bonds. The van der Waals surface area contributed by atoms with E-state index in [1.165, 1.54) is 7.11 Å². The van der Waals surface area contributed by atoms with Gasteiger partial charge in [0.15, 0.2) is 0 Å². The van der Waals surface area contributed by atoms with Crippen LogP contribution in [-0.2, 0) is 20.0 Å². The molecule has 1 atom stereocenters. The van der Waals surface area contributed by atoms with Crippen molar-refractivity contribution in [1.82, 2.24) is 4.41 Å². The summed E-state index contributed by atoms with van der Waals surface area (Å²) in [7, 11) is -3.97. The summed E-state index contributed by atoms with van der Waals surface area (Å²) in [6.45, 7) is 1.57. The van der Waals surface area contributed by atoms with Crippen LogP contribution < -0.4 is 14.2 Å². The van der Waals surface area contributed by atoms with Crippen LogP contribution in [0.3, 0.4) is 0 Å². The number of sulfonamides is 2. The first-order valence-electron chi connectivity index (χ1n) is 9.47. The Hall–Kier alpha value is -2.79. The number of benzene rings is 2. The predicted octanol–water partition coefficient (Wildman–Crippen LogP) is 2.58. The minimum atomic E-state index is -3.64. The summed E-state index contributed by atoms with van der Waals surface area (Å²) in [6.07, 6.45) is 1.41. The molecule has 1 aliphatic rings. The Labute approximate surface area is 182 Å². The zero-order chi connectivity index (χ0) is 22.8. The second kappa shape index (κ2) is 8.75. The van der Waals surface area contributed by atoms with Crippen LogP contribution in [-0.4, -0.2) is 53.2 Å². The first-order chi connectivity index (χ1) is 14.6. The van der Waals surface area contributed by atoms with E-state index in [2.05, 4.69) is 9.82 Å². The van der Waals surface area contributed by atoms with Gasteiger partial charge < -0.3 is 9.47 Å². The molecular formula is C20H25N3O6S2. The van der Waals surface area contributed by atoms with Crippen molar-refractivity contribution in [3.8, 4) is 11.5 Å². The van der Waals surface area contributed by atoms with Crippen LogP contribution in [0, 0.1) is 0 Å². The van der Waals surface area contributed by atoms with Crippen molar-refractivity contribution in [3.05, 3.63) is 53.6 Å². The number of nitrogens with one attached hydrogen (secondary N) is 1. The minimum Gasteiger partial charge on any atom is -0.497 e.